The van der Waals surface area contributed by atoms with Crippen LogP contribution in [0, 0.1) is 0 Å². The normalized spacial score (nSPS) is 13.2. The average molecular weight is 494 g/mol. The van der Waals surface area contributed by atoms with Crippen LogP contribution in [-0.2, 0) is 0 Å². The summed E-state index contributed by atoms with van der Waals surface area (Å²) >= 11 is 1.83. The quantitative estimate of drug-likeness (QED) is 0.247. The van der Waals surface area contributed by atoms with Gasteiger partial charge in [-0.2, -0.15) is 0 Å². The third-order valence-corrected chi connectivity index (χ3v) is 8.32. The van der Waals surface area contributed by atoms with Crippen LogP contribution < -0.4 is 4.74 Å². The van der Waals surface area contributed by atoms with Crippen molar-refractivity contribution in [1.82, 2.24) is 14.5 Å². The van der Waals surface area contributed by atoms with E-state index in [0.29, 0.717) is 11.7 Å². The minimum absolute atomic E-state index is 0.620. The molecule has 0 aliphatic carbocycles. The second-order valence-corrected chi connectivity index (χ2v) is 10.2. The molecular formula is C32H19N3OS. The minimum atomic E-state index is 0.620. The van der Waals surface area contributed by atoms with Crippen LogP contribution in [-0.4, -0.2) is 14.5 Å². The van der Waals surface area contributed by atoms with Gasteiger partial charge in [0.1, 0.15) is 11.5 Å². The highest BCUT2D eigenvalue weighted by molar-refractivity contribution is 7.26. The highest BCUT2D eigenvalue weighted by Gasteiger charge is 2.25. The maximum atomic E-state index is 6.11. The molecule has 0 bridgehead atoms. The number of para-hydroxylation sites is 1. The van der Waals surface area contributed by atoms with E-state index in [4.69, 9.17) is 14.7 Å². The van der Waals surface area contributed by atoms with Crippen LogP contribution >= 0.6 is 11.3 Å². The Morgan fingerprint density at radius 1 is 0.703 bits per heavy atom. The summed E-state index contributed by atoms with van der Waals surface area (Å²) in [5.41, 5.74) is 4.60. The molecule has 0 saturated carbocycles. The number of thiophene rings is 1. The van der Waals surface area contributed by atoms with E-state index in [1.165, 1.54) is 30.9 Å². The molecule has 1 aliphatic heterocycles. The Kier molecular flexibility index (Phi) is 4.08. The van der Waals surface area contributed by atoms with Crippen molar-refractivity contribution in [1.29, 1.82) is 0 Å². The SMILES string of the molecule is C=CC1=C(C=C)c2nc(-n3c4ccccc4c4c5c(ccc43)sc3ccccc35)nc3cccc(c23)O1. The molecular weight excluding hydrogens is 474 g/mol. The predicted octanol–water partition coefficient (Wildman–Crippen LogP) is 8.57. The average Bonchev–Trinajstić information content (AvgIpc) is 3.48. The summed E-state index contributed by atoms with van der Waals surface area (Å²) in [6.07, 6.45) is 3.49. The number of aromatic nitrogens is 3. The molecule has 0 N–H and O–H groups in total. The standard InChI is InChI=1S/C32H19N3OS/c1-3-18-24(4-2)36-25-14-9-12-21-30(25)31(18)34-32(33-21)35-22-13-7-5-10-19(22)28-23(35)16-17-27-29(28)20-11-6-8-15-26(20)37-27/h3-17H,1-2H2. The third kappa shape index (κ3) is 2.66. The van der Waals surface area contributed by atoms with Gasteiger partial charge in [-0.3, -0.25) is 4.57 Å². The molecule has 0 unspecified atom stereocenters. The van der Waals surface area contributed by atoms with Gasteiger partial charge in [-0.15, -0.1) is 11.3 Å². The fourth-order valence-electron chi connectivity index (χ4n) is 5.65. The first-order valence-corrected chi connectivity index (χ1v) is 12.9. The van der Waals surface area contributed by atoms with Gasteiger partial charge in [0.2, 0.25) is 5.95 Å². The number of ether oxygens (including phenoxy) is 1. The largest absolute Gasteiger partial charge is 0.456 e. The number of nitrogens with zero attached hydrogens (tertiary/aromatic N) is 3. The zero-order valence-electron chi connectivity index (χ0n) is 19.7. The van der Waals surface area contributed by atoms with Crippen molar-refractivity contribution < 1.29 is 4.74 Å². The Hall–Kier alpha value is -4.74. The van der Waals surface area contributed by atoms with Crippen LogP contribution in [0.25, 0.3) is 64.4 Å². The highest BCUT2D eigenvalue weighted by atomic mass is 32.1. The molecule has 0 radical (unpaired) electrons. The predicted molar refractivity (Wildman–Crippen MR) is 155 cm³/mol. The lowest BCUT2D eigenvalue weighted by atomic mass is 10.0. The van der Waals surface area contributed by atoms with E-state index in [9.17, 15) is 0 Å². The maximum absolute atomic E-state index is 6.11. The summed E-state index contributed by atoms with van der Waals surface area (Å²) in [5, 5.41) is 5.86. The summed E-state index contributed by atoms with van der Waals surface area (Å²) in [7, 11) is 0. The van der Waals surface area contributed by atoms with Crippen molar-refractivity contribution in [3.8, 4) is 11.7 Å². The molecule has 3 aromatic heterocycles. The van der Waals surface area contributed by atoms with E-state index < -0.39 is 0 Å². The van der Waals surface area contributed by atoms with Crippen LogP contribution in [0.2, 0.25) is 0 Å². The van der Waals surface area contributed by atoms with Crippen molar-refractivity contribution >= 4 is 69.8 Å². The number of rotatable bonds is 3. The number of hydrogen-bond acceptors (Lipinski definition) is 4. The lowest BCUT2D eigenvalue weighted by Crippen LogP contribution is -2.10. The molecule has 4 nitrogen and oxygen atoms in total. The first-order chi connectivity index (χ1) is 18.3. The molecule has 1 aliphatic rings. The van der Waals surface area contributed by atoms with E-state index in [1.54, 1.807) is 12.2 Å². The van der Waals surface area contributed by atoms with E-state index in [2.05, 4.69) is 78.4 Å². The van der Waals surface area contributed by atoms with Gasteiger partial charge in [0.25, 0.3) is 0 Å². The molecule has 5 heteroatoms. The fraction of sp³-hybridized carbons (Fsp3) is 0. The Balaban J connectivity index is 1.55. The summed E-state index contributed by atoms with van der Waals surface area (Å²) in [5.74, 6) is 2.00. The minimum Gasteiger partial charge on any atom is -0.456 e. The summed E-state index contributed by atoms with van der Waals surface area (Å²) in [6.45, 7) is 7.98. The Bertz CT molecular complexity index is 2160. The fourth-order valence-corrected chi connectivity index (χ4v) is 6.76. The number of allylic oxidation sites excluding steroid dienone is 3. The second-order valence-electron chi connectivity index (χ2n) is 9.09. The van der Waals surface area contributed by atoms with E-state index in [1.807, 2.05) is 29.5 Å². The molecule has 4 heterocycles. The lowest BCUT2D eigenvalue weighted by molar-refractivity contribution is 0.449. The molecule has 37 heavy (non-hydrogen) atoms. The summed E-state index contributed by atoms with van der Waals surface area (Å²) in [4.78, 5) is 10.2. The van der Waals surface area contributed by atoms with Crippen molar-refractivity contribution in [3.05, 3.63) is 116 Å². The van der Waals surface area contributed by atoms with Gasteiger partial charge in [-0.25, -0.2) is 9.97 Å². The smallest absolute Gasteiger partial charge is 0.235 e. The van der Waals surface area contributed by atoms with Crippen LogP contribution in [0.5, 0.6) is 5.75 Å². The Morgan fingerprint density at radius 2 is 1.54 bits per heavy atom. The van der Waals surface area contributed by atoms with Gasteiger partial charge in [0, 0.05) is 36.5 Å². The first kappa shape index (κ1) is 20.5. The third-order valence-electron chi connectivity index (χ3n) is 7.18. The molecule has 4 aromatic carbocycles. The van der Waals surface area contributed by atoms with Crippen molar-refractivity contribution in [2.45, 2.75) is 0 Å². The van der Waals surface area contributed by atoms with Gasteiger partial charge >= 0.3 is 0 Å². The highest BCUT2D eigenvalue weighted by Crippen LogP contribution is 2.44. The first-order valence-electron chi connectivity index (χ1n) is 12.1. The van der Waals surface area contributed by atoms with Crippen molar-refractivity contribution in [2.75, 3.05) is 0 Å². The van der Waals surface area contributed by atoms with Crippen molar-refractivity contribution in [2.24, 2.45) is 0 Å². The molecule has 174 valence electrons. The second kappa shape index (κ2) is 7.38. The summed E-state index contributed by atoms with van der Waals surface area (Å²) in [6, 6.07) is 27.5. The zero-order chi connectivity index (χ0) is 24.7. The van der Waals surface area contributed by atoms with Crippen LogP contribution in [0.1, 0.15) is 5.69 Å². The Morgan fingerprint density at radius 3 is 2.41 bits per heavy atom. The van der Waals surface area contributed by atoms with Crippen molar-refractivity contribution in [3.63, 3.8) is 0 Å². The molecule has 0 atom stereocenters. The van der Waals surface area contributed by atoms with Crippen LogP contribution in [0.15, 0.2) is 110 Å². The number of benzene rings is 4. The van der Waals surface area contributed by atoms with E-state index in [0.717, 1.165) is 39.0 Å². The molecule has 0 fully saturated rings. The number of hydrogen-bond donors (Lipinski definition) is 0. The zero-order valence-corrected chi connectivity index (χ0v) is 20.5. The number of fused-ring (bicyclic) bond motifs is 7. The van der Waals surface area contributed by atoms with Gasteiger partial charge < -0.3 is 4.74 Å². The Labute approximate surface area is 216 Å². The van der Waals surface area contributed by atoms with E-state index in [-0.39, 0.29) is 0 Å². The molecule has 8 rings (SSSR count). The lowest BCUT2D eigenvalue weighted by Gasteiger charge is -2.21. The van der Waals surface area contributed by atoms with Crippen LogP contribution in [0.4, 0.5) is 0 Å². The van der Waals surface area contributed by atoms with Gasteiger partial charge in [-0.1, -0.05) is 61.7 Å². The van der Waals surface area contributed by atoms with Gasteiger partial charge in [0.05, 0.1) is 27.6 Å². The molecule has 7 aromatic rings. The molecule has 0 amide bonds. The summed E-state index contributed by atoms with van der Waals surface area (Å²) < 4.78 is 10.9. The monoisotopic (exact) mass is 493 g/mol. The van der Waals surface area contributed by atoms with E-state index >= 15 is 0 Å². The molecule has 0 saturated heterocycles. The topological polar surface area (TPSA) is 39.9 Å². The van der Waals surface area contributed by atoms with Gasteiger partial charge in [-0.05, 0) is 42.5 Å². The van der Waals surface area contributed by atoms with Gasteiger partial charge in [0.15, 0.2) is 0 Å². The van der Waals surface area contributed by atoms with Crippen LogP contribution in [0.3, 0.4) is 0 Å². The maximum Gasteiger partial charge on any atom is 0.235 e. The molecule has 0 spiro atoms.